The van der Waals surface area contributed by atoms with E-state index in [0.717, 1.165) is 25.3 Å². The van der Waals surface area contributed by atoms with Crippen LogP contribution in [0.1, 0.15) is 64.1 Å². The quantitative estimate of drug-likeness (QED) is 0.567. The van der Waals surface area contributed by atoms with Gasteiger partial charge in [-0.15, -0.1) is 0 Å². The van der Waals surface area contributed by atoms with E-state index >= 15 is 0 Å². The molecule has 0 spiro atoms. The van der Waals surface area contributed by atoms with Gasteiger partial charge in [0.1, 0.15) is 5.82 Å². The van der Waals surface area contributed by atoms with Crippen LogP contribution in [0.5, 0.6) is 0 Å². The van der Waals surface area contributed by atoms with Crippen molar-refractivity contribution in [3.63, 3.8) is 0 Å². The Bertz CT molecular complexity index is 368. The molecular formula is C16H30N4. The van der Waals surface area contributed by atoms with Crippen LogP contribution in [-0.2, 0) is 13.0 Å². The molecule has 3 N–H and O–H groups in total. The molecule has 1 unspecified atom stereocenters. The summed E-state index contributed by atoms with van der Waals surface area (Å²) in [5, 5.41) is 0. The second kappa shape index (κ2) is 8.42. The van der Waals surface area contributed by atoms with Gasteiger partial charge in [0.15, 0.2) is 0 Å². The Morgan fingerprint density at radius 1 is 1.40 bits per heavy atom. The Labute approximate surface area is 123 Å². The molecule has 1 fully saturated rings. The monoisotopic (exact) mass is 278 g/mol. The molecule has 20 heavy (non-hydrogen) atoms. The summed E-state index contributed by atoms with van der Waals surface area (Å²) in [5.41, 5.74) is 3.00. The van der Waals surface area contributed by atoms with Crippen LogP contribution in [0.3, 0.4) is 0 Å². The molecule has 1 heterocycles. The molecule has 1 aromatic heterocycles. The van der Waals surface area contributed by atoms with Crippen LogP contribution in [0.25, 0.3) is 0 Å². The maximum atomic E-state index is 5.74. The lowest BCUT2D eigenvalue weighted by molar-refractivity contribution is 0.311. The minimum absolute atomic E-state index is 0.356. The standard InChI is InChI=1S/C16H30N4/c1-2-11-20-12-10-18-16(20)13-15(19-17)9-8-14-6-4-3-5-7-14/h10,12,14-15,19H,2-9,11,13,17H2,1H3. The molecule has 1 aromatic rings. The van der Waals surface area contributed by atoms with Crippen LogP contribution >= 0.6 is 0 Å². The lowest BCUT2D eigenvalue weighted by atomic mass is 9.85. The highest BCUT2D eigenvalue weighted by atomic mass is 15.2. The van der Waals surface area contributed by atoms with Gasteiger partial charge in [0, 0.05) is 31.4 Å². The minimum Gasteiger partial charge on any atom is -0.335 e. The van der Waals surface area contributed by atoms with Crippen molar-refractivity contribution in [1.29, 1.82) is 0 Å². The molecule has 2 rings (SSSR count). The summed E-state index contributed by atoms with van der Waals surface area (Å²) in [5.74, 6) is 7.83. The van der Waals surface area contributed by atoms with Crippen LogP contribution < -0.4 is 11.3 Å². The van der Waals surface area contributed by atoms with Crippen molar-refractivity contribution < 1.29 is 0 Å². The summed E-state index contributed by atoms with van der Waals surface area (Å²) in [6.07, 6.45) is 15.7. The molecule has 0 saturated heterocycles. The van der Waals surface area contributed by atoms with Crippen molar-refractivity contribution in [3.05, 3.63) is 18.2 Å². The molecule has 0 radical (unpaired) electrons. The van der Waals surface area contributed by atoms with E-state index in [1.807, 2.05) is 6.20 Å². The maximum absolute atomic E-state index is 5.74. The van der Waals surface area contributed by atoms with Crippen LogP contribution in [-0.4, -0.2) is 15.6 Å². The number of hydrogen-bond acceptors (Lipinski definition) is 3. The van der Waals surface area contributed by atoms with Crippen molar-refractivity contribution in [1.82, 2.24) is 15.0 Å². The van der Waals surface area contributed by atoms with E-state index in [1.54, 1.807) is 0 Å². The van der Waals surface area contributed by atoms with Gasteiger partial charge in [0.05, 0.1) is 0 Å². The number of imidazole rings is 1. The zero-order chi connectivity index (χ0) is 14.2. The topological polar surface area (TPSA) is 55.9 Å². The summed E-state index contributed by atoms with van der Waals surface area (Å²) in [7, 11) is 0. The number of aromatic nitrogens is 2. The van der Waals surface area contributed by atoms with Gasteiger partial charge < -0.3 is 4.57 Å². The highest BCUT2D eigenvalue weighted by Gasteiger charge is 2.17. The highest BCUT2D eigenvalue weighted by Crippen LogP contribution is 2.27. The minimum atomic E-state index is 0.356. The molecule has 0 bridgehead atoms. The van der Waals surface area contributed by atoms with Gasteiger partial charge in [-0.25, -0.2) is 4.98 Å². The number of nitrogens with two attached hydrogens (primary N) is 1. The SMILES string of the molecule is CCCn1ccnc1CC(CCC1CCCCC1)NN. The normalized spacial score (nSPS) is 18.3. The first-order chi connectivity index (χ1) is 9.83. The third-order valence-electron chi connectivity index (χ3n) is 4.58. The van der Waals surface area contributed by atoms with Crippen LogP contribution in [0.4, 0.5) is 0 Å². The average molecular weight is 278 g/mol. The summed E-state index contributed by atoms with van der Waals surface area (Å²) in [6.45, 7) is 3.25. The van der Waals surface area contributed by atoms with E-state index in [9.17, 15) is 0 Å². The van der Waals surface area contributed by atoms with Gasteiger partial charge >= 0.3 is 0 Å². The van der Waals surface area contributed by atoms with E-state index < -0.39 is 0 Å². The molecule has 0 aromatic carbocycles. The molecule has 1 saturated carbocycles. The van der Waals surface area contributed by atoms with Gasteiger partial charge in [-0.2, -0.15) is 0 Å². The van der Waals surface area contributed by atoms with Gasteiger partial charge in [-0.05, 0) is 25.2 Å². The van der Waals surface area contributed by atoms with Crippen molar-refractivity contribution in [2.75, 3.05) is 0 Å². The molecular weight excluding hydrogens is 248 g/mol. The number of hydrazine groups is 1. The Balaban J connectivity index is 1.80. The van der Waals surface area contributed by atoms with Gasteiger partial charge in [-0.1, -0.05) is 39.0 Å². The van der Waals surface area contributed by atoms with Crippen molar-refractivity contribution in [2.45, 2.75) is 77.3 Å². The second-order valence-corrected chi connectivity index (χ2v) is 6.19. The zero-order valence-electron chi connectivity index (χ0n) is 12.9. The summed E-state index contributed by atoms with van der Waals surface area (Å²) >= 11 is 0. The van der Waals surface area contributed by atoms with E-state index in [1.165, 1.54) is 50.8 Å². The molecule has 4 heteroatoms. The first-order valence-corrected chi connectivity index (χ1v) is 8.29. The Hall–Kier alpha value is -0.870. The number of rotatable bonds is 8. The molecule has 114 valence electrons. The van der Waals surface area contributed by atoms with E-state index in [2.05, 4.69) is 28.1 Å². The van der Waals surface area contributed by atoms with Crippen LogP contribution in [0, 0.1) is 5.92 Å². The third kappa shape index (κ3) is 4.60. The largest absolute Gasteiger partial charge is 0.335 e. The van der Waals surface area contributed by atoms with Gasteiger partial charge in [0.25, 0.3) is 0 Å². The predicted octanol–water partition coefficient (Wildman–Crippen LogP) is 3.03. The number of nitrogens with one attached hydrogen (secondary N) is 1. The molecule has 1 aliphatic rings. The third-order valence-corrected chi connectivity index (χ3v) is 4.58. The number of hydrogen-bond donors (Lipinski definition) is 2. The first-order valence-electron chi connectivity index (χ1n) is 8.29. The predicted molar refractivity (Wildman–Crippen MR) is 83.1 cm³/mol. The molecule has 0 amide bonds. The van der Waals surface area contributed by atoms with Crippen LogP contribution in [0.15, 0.2) is 12.4 Å². The number of aryl methyl sites for hydroxylation is 1. The summed E-state index contributed by atoms with van der Waals surface area (Å²) < 4.78 is 2.25. The van der Waals surface area contributed by atoms with E-state index in [4.69, 9.17) is 5.84 Å². The molecule has 0 aliphatic heterocycles. The number of nitrogens with zero attached hydrogens (tertiary/aromatic N) is 2. The first kappa shape index (κ1) is 15.5. The Morgan fingerprint density at radius 2 is 2.20 bits per heavy atom. The van der Waals surface area contributed by atoms with Gasteiger partial charge in [-0.3, -0.25) is 11.3 Å². The smallest absolute Gasteiger partial charge is 0.110 e. The molecule has 4 nitrogen and oxygen atoms in total. The second-order valence-electron chi connectivity index (χ2n) is 6.19. The van der Waals surface area contributed by atoms with Gasteiger partial charge in [0.2, 0.25) is 0 Å². The molecule has 1 aliphatic carbocycles. The summed E-state index contributed by atoms with van der Waals surface area (Å²) in [6, 6.07) is 0.356. The van der Waals surface area contributed by atoms with E-state index in [-0.39, 0.29) is 0 Å². The zero-order valence-corrected chi connectivity index (χ0v) is 12.9. The summed E-state index contributed by atoms with van der Waals surface area (Å²) in [4.78, 5) is 4.48. The fourth-order valence-electron chi connectivity index (χ4n) is 3.35. The fourth-order valence-corrected chi connectivity index (χ4v) is 3.35. The van der Waals surface area contributed by atoms with Crippen molar-refractivity contribution >= 4 is 0 Å². The Kier molecular flexibility index (Phi) is 6.54. The maximum Gasteiger partial charge on any atom is 0.110 e. The highest BCUT2D eigenvalue weighted by molar-refractivity contribution is 4.95. The lowest BCUT2D eigenvalue weighted by Crippen LogP contribution is -2.37. The lowest BCUT2D eigenvalue weighted by Gasteiger charge is -2.24. The van der Waals surface area contributed by atoms with Crippen molar-refractivity contribution in [3.8, 4) is 0 Å². The van der Waals surface area contributed by atoms with Crippen molar-refractivity contribution in [2.24, 2.45) is 11.8 Å². The van der Waals surface area contributed by atoms with E-state index in [0.29, 0.717) is 6.04 Å². The fraction of sp³-hybridized carbons (Fsp3) is 0.812. The van der Waals surface area contributed by atoms with Crippen LogP contribution in [0.2, 0.25) is 0 Å². The Morgan fingerprint density at radius 3 is 2.90 bits per heavy atom. The average Bonchev–Trinajstić information content (AvgIpc) is 2.92. The molecule has 1 atom stereocenters.